The van der Waals surface area contributed by atoms with Gasteiger partial charge < -0.3 is 9.16 Å². The van der Waals surface area contributed by atoms with E-state index in [2.05, 4.69) is 71.9 Å². The van der Waals surface area contributed by atoms with Gasteiger partial charge in [-0.05, 0) is 27.6 Å². The summed E-state index contributed by atoms with van der Waals surface area (Å²) in [4.78, 5) is 0. The van der Waals surface area contributed by atoms with Crippen LogP contribution in [0.1, 0.15) is 53.5 Å². The average molecular weight is 321 g/mol. The van der Waals surface area contributed by atoms with Crippen molar-refractivity contribution in [2.75, 3.05) is 7.11 Å². The Morgan fingerprint density at radius 1 is 1.05 bits per heavy atom. The molecule has 22 heavy (non-hydrogen) atoms. The van der Waals surface area contributed by atoms with Crippen molar-refractivity contribution in [3.63, 3.8) is 0 Å². The van der Waals surface area contributed by atoms with Crippen molar-refractivity contribution in [3.8, 4) is 0 Å². The topological polar surface area (TPSA) is 18.5 Å². The SMILES string of the molecule is COC1CC(Cc2ccccc2)[Si](C(C)(C)C)(C(C)(C)C)O1. The highest BCUT2D eigenvalue weighted by molar-refractivity contribution is 6.81. The Morgan fingerprint density at radius 3 is 2.05 bits per heavy atom. The van der Waals surface area contributed by atoms with Crippen LogP contribution in [0, 0.1) is 0 Å². The quantitative estimate of drug-likeness (QED) is 0.681. The first-order chi connectivity index (χ1) is 10.1. The highest BCUT2D eigenvalue weighted by atomic mass is 28.4. The van der Waals surface area contributed by atoms with Crippen molar-refractivity contribution < 1.29 is 9.16 Å². The third kappa shape index (κ3) is 3.04. The van der Waals surface area contributed by atoms with Crippen LogP contribution in [0.5, 0.6) is 0 Å². The standard InChI is InChI=1S/C19H32O2Si/c1-18(2,3)22(19(4,5)6)16(14-17(20-7)21-22)13-15-11-9-8-10-12-15/h8-12,16-17H,13-14H2,1-7H3. The van der Waals surface area contributed by atoms with Crippen LogP contribution in [0.3, 0.4) is 0 Å². The fraction of sp³-hybridized carbons (Fsp3) is 0.684. The van der Waals surface area contributed by atoms with Crippen molar-refractivity contribution >= 4 is 8.32 Å². The Labute approximate surface area is 137 Å². The smallest absolute Gasteiger partial charge is 0.210 e. The maximum absolute atomic E-state index is 6.73. The number of hydrogen-bond donors (Lipinski definition) is 0. The Kier molecular flexibility index (Phi) is 4.91. The van der Waals surface area contributed by atoms with Crippen LogP contribution in [0.25, 0.3) is 0 Å². The summed E-state index contributed by atoms with van der Waals surface area (Å²) in [5, 5.41) is 0.357. The van der Waals surface area contributed by atoms with E-state index >= 15 is 0 Å². The average Bonchev–Trinajstić information content (AvgIpc) is 2.79. The molecule has 0 saturated carbocycles. The lowest BCUT2D eigenvalue weighted by molar-refractivity contribution is -0.0498. The Morgan fingerprint density at radius 2 is 1.59 bits per heavy atom. The van der Waals surface area contributed by atoms with Gasteiger partial charge in [-0.25, -0.2) is 0 Å². The Hall–Kier alpha value is -0.643. The monoisotopic (exact) mass is 320 g/mol. The molecule has 1 aromatic carbocycles. The lowest BCUT2D eigenvalue weighted by Crippen LogP contribution is -2.55. The molecule has 1 aromatic rings. The molecule has 0 aliphatic carbocycles. The first kappa shape index (κ1) is 17.7. The molecule has 2 unspecified atom stereocenters. The minimum Gasteiger partial charge on any atom is -0.391 e. The predicted octanol–water partition coefficient (Wildman–Crippen LogP) is 5.54. The van der Waals surface area contributed by atoms with Gasteiger partial charge in [0.1, 0.15) is 6.29 Å². The molecule has 0 amide bonds. The first-order valence-corrected chi connectivity index (χ1v) is 10.3. The molecule has 3 heteroatoms. The molecule has 2 nitrogen and oxygen atoms in total. The van der Waals surface area contributed by atoms with Gasteiger partial charge in [-0.1, -0.05) is 71.9 Å². The second-order valence-corrected chi connectivity index (χ2v) is 14.2. The van der Waals surface area contributed by atoms with Crippen LogP contribution in [-0.2, 0) is 15.6 Å². The summed E-state index contributed by atoms with van der Waals surface area (Å²) in [5.41, 5.74) is 2.00. The molecule has 124 valence electrons. The molecule has 1 saturated heterocycles. The maximum Gasteiger partial charge on any atom is 0.210 e. The van der Waals surface area contributed by atoms with Gasteiger partial charge in [-0.3, -0.25) is 0 Å². The van der Waals surface area contributed by atoms with Crippen LogP contribution >= 0.6 is 0 Å². The predicted molar refractivity (Wildman–Crippen MR) is 95.6 cm³/mol. The minimum absolute atomic E-state index is 0.0428. The molecule has 1 aliphatic rings. The van der Waals surface area contributed by atoms with Gasteiger partial charge in [-0.2, -0.15) is 0 Å². The van der Waals surface area contributed by atoms with Crippen LogP contribution in [0.4, 0.5) is 0 Å². The van der Waals surface area contributed by atoms with E-state index in [4.69, 9.17) is 9.16 Å². The summed E-state index contributed by atoms with van der Waals surface area (Å²) in [6, 6.07) is 10.8. The normalized spacial score (nSPS) is 25.4. The van der Waals surface area contributed by atoms with E-state index in [1.54, 1.807) is 7.11 Å². The van der Waals surface area contributed by atoms with E-state index in [1.807, 2.05) is 0 Å². The zero-order chi connectivity index (χ0) is 16.6. The molecule has 0 bridgehead atoms. The molecule has 0 N–H and O–H groups in total. The van der Waals surface area contributed by atoms with Crippen LogP contribution in [-0.4, -0.2) is 21.7 Å². The first-order valence-electron chi connectivity index (χ1n) is 8.36. The van der Waals surface area contributed by atoms with Crippen molar-refractivity contribution in [1.29, 1.82) is 0 Å². The van der Waals surface area contributed by atoms with Gasteiger partial charge in [0.15, 0.2) is 0 Å². The minimum atomic E-state index is -2.06. The zero-order valence-corrected chi connectivity index (χ0v) is 16.3. The molecule has 1 heterocycles. The van der Waals surface area contributed by atoms with Crippen molar-refractivity contribution in [1.82, 2.24) is 0 Å². The molecule has 2 rings (SSSR count). The number of methoxy groups -OCH3 is 1. The third-order valence-electron chi connectivity index (χ3n) is 5.19. The molecule has 1 aliphatic heterocycles. The number of rotatable bonds is 3. The fourth-order valence-corrected chi connectivity index (χ4v) is 12.0. The lowest BCUT2D eigenvalue weighted by Gasteiger charge is -2.51. The molecule has 0 aromatic heterocycles. The lowest BCUT2D eigenvalue weighted by atomic mass is 10.1. The fourth-order valence-electron chi connectivity index (χ4n) is 4.72. The van der Waals surface area contributed by atoms with Gasteiger partial charge in [-0.15, -0.1) is 0 Å². The number of benzene rings is 1. The molecule has 0 radical (unpaired) electrons. The van der Waals surface area contributed by atoms with Gasteiger partial charge in [0.25, 0.3) is 0 Å². The third-order valence-corrected chi connectivity index (χ3v) is 11.9. The Bertz CT molecular complexity index is 470. The maximum atomic E-state index is 6.73. The van der Waals surface area contributed by atoms with Crippen LogP contribution in [0.2, 0.25) is 15.6 Å². The van der Waals surface area contributed by atoms with E-state index in [9.17, 15) is 0 Å². The second-order valence-electron chi connectivity index (χ2n) is 8.64. The molecular weight excluding hydrogens is 288 g/mol. The highest BCUT2D eigenvalue weighted by Crippen LogP contribution is 2.62. The van der Waals surface area contributed by atoms with Gasteiger partial charge in [0, 0.05) is 13.5 Å². The number of ether oxygens (including phenoxy) is 1. The molecule has 1 fully saturated rings. The van der Waals surface area contributed by atoms with E-state index in [0.717, 1.165) is 12.8 Å². The van der Waals surface area contributed by atoms with Crippen LogP contribution < -0.4 is 0 Å². The van der Waals surface area contributed by atoms with Crippen LogP contribution in [0.15, 0.2) is 30.3 Å². The van der Waals surface area contributed by atoms with Crippen molar-refractivity contribution in [2.24, 2.45) is 0 Å². The van der Waals surface area contributed by atoms with Gasteiger partial charge in [0.05, 0.1) is 0 Å². The summed E-state index contributed by atoms with van der Waals surface area (Å²) >= 11 is 0. The molecular formula is C19H32O2Si. The second kappa shape index (κ2) is 6.10. The highest BCUT2D eigenvalue weighted by Gasteiger charge is 2.64. The van der Waals surface area contributed by atoms with Crippen molar-refractivity contribution in [3.05, 3.63) is 35.9 Å². The van der Waals surface area contributed by atoms with E-state index in [0.29, 0.717) is 5.54 Å². The summed E-state index contributed by atoms with van der Waals surface area (Å²) in [6.45, 7) is 14.2. The Balaban J connectivity index is 2.43. The molecule has 0 spiro atoms. The van der Waals surface area contributed by atoms with E-state index < -0.39 is 8.32 Å². The van der Waals surface area contributed by atoms with Gasteiger partial charge >= 0.3 is 0 Å². The molecule has 2 atom stereocenters. The summed E-state index contributed by atoms with van der Waals surface area (Å²) in [5.74, 6) is 0. The van der Waals surface area contributed by atoms with E-state index in [-0.39, 0.29) is 16.4 Å². The van der Waals surface area contributed by atoms with E-state index in [1.165, 1.54) is 5.56 Å². The van der Waals surface area contributed by atoms with Gasteiger partial charge in [0.2, 0.25) is 8.32 Å². The largest absolute Gasteiger partial charge is 0.391 e. The summed E-state index contributed by atoms with van der Waals surface area (Å²) < 4.78 is 12.4. The number of hydrogen-bond acceptors (Lipinski definition) is 2. The summed E-state index contributed by atoms with van der Waals surface area (Å²) in [7, 11) is -0.279. The zero-order valence-electron chi connectivity index (χ0n) is 15.3. The summed E-state index contributed by atoms with van der Waals surface area (Å²) in [6.07, 6.45) is 2.08. The van der Waals surface area contributed by atoms with Crippen molar-refractivity contribution in [2.45, 2.75) is 76.3 Å².